The lowest BCUT2D eigenvalue weighted by atomic mass is 9.86. The van der Waals surface area contributed by atoms with E-state index in [2.05, 4.69) is 63.8 Å². The number of nitrogens with one attached hydrogen (secondary N) is 14. The van der Waals surface area contributed by atoms with Gasteiger partial charge in [-0.3, -0.25) is 62.9 Å². The number of aliphatic hydroxyl groups excluding tert-OH is 4. The fourth-order valence-electron chi connectivity index (χ4n) is 10.5. The monoisotopic (exact) mass is 1450 g/mol. The van der Waals surface area contributed by atoms with Gasteiger partial charge >= 0.3 is 6.09 Å². The van der Waals surface area contributed by atoms with Crippen LogP contribution in [0.1, 0.15) is 161 Å². The second-order valence-corrected chi connectivity index (χ2v) is 30.2. The Bertz CT molecular complexity index is 3070. The minimum atomic E-state index is -2.59. The molecule has 13 amide bonds. The molecule has 0 radical (unpaired) electrons. The van der Waals surface area contributed by atoms with Crippen molar-refractivity contribution in [2.45, 2.75) is 240 Å². The summed E-state index contributed by atoms with van der Waals surface area (Å²) < 4.78 is 5.49. The number of guanidine groups is 1. The molecule has 0 aliphatic carbocycles. The van der Waals surface area contributed by atoms with Crippen molar-refractivity contribution in [3.8, 4) is 0 Å². The van der Waals surface area contributed by atoms with Crippen molar-refractivity contribution in [1.82, 2.24) is 69.1 Å². The molecule has 0 bridgehead atoms. The fourth-order valence-corrected chi connectivity index (χ4v) is 10.5. The molecular weight excluding hydrogens is 1330 g/mol. The van der Waals surface area contributed by atoms with Crippen molar-refractivity contribution >= 4 is 88.6 Å². The zero-order chi connectivity index (χ0) is 78.2. The quantitative estimate of drug-likeness (QED) is 0.0291. The standard InChI is InChI=1S/C67H115N17O18/c1-19-34(6)44-59(97)80-45(35(7)86)58(96)72-30-43(87)78-49(51(89)52(68)90)62(100)76-42(31-85)57(95)81-46(36-22-24-37(25-23-36)84(17)18)47(82-56(94)40(28-65(8,9)10)75-55(93)41(29-66(11,12)13)77-64(101)102-67(14,15)16)60(98)83-48(50(88)33(4)5)61(99)74-39(27-32(2)3)54(92)73-38(53(91)79-44)21-20-26-71-63(69)70/h22-25,32-35,38-42,44-51,85-86,88-89H,19-21,26-31H2,1-18H3,(H2,68,90)(H,72,96)(H,73,92)(H,74,99)(H,75,93)(H,76,100)(H,77,101)(H,78,87)(H,79,91)(H,80,97)(H,81,95)(H,82,94)(H,83,98)(H4,69,70,71)/t34-,35-,38+,39-,40-,41+,42-,44-,45-,46+,47-,48-,49-,50+,51-/m0/s1. The number of primary amides is 1. The van der Waals surface area contributed by atoms with Crippen molar-refractivity contribution in [2.24, 2.45) is 40.1 Å². The second kappa shape index (κ2) is 40.0. The lowest BCUT2D eigenvalue weighted by Gasteiger charge is -2.35. The number of ether oxygens (including phenoxy) is 1. The van der Waals surface area contributed by atoms with Gasteiger partial charge in [-0.25, -0.2) is 4.79 Å². The van der Waals surface area contributed by atoms with Crippen LogP contribution in [0.5, 0.6) is 0 Å². The summed E-state index contributed by atoms with van der Waals surface area (Å²) in [5.41, 5.74) is 9.00. The predicted octanol–water partition coefficient (Wildman–Crippen LogP) is -3.24. The molecule has 1 aromatic carbocycles. The second-order valence-electron chi connectivity index (χ2n) is 30.2. The predicted molar refractivity (Wildman–Crippen MR) is 376 cm³/mol. The molecule has 35 nitrogen and oxygen atoms in total. The number of hydrogen-bond acceptors (Lipinski definition) is 20. The van der Waals surface area contributed by atoms with Gasteiger partial charge in [0.25, 0.3) is 0 Å². The van der Waals surface area contributed by atoms with E-state index in [-0.39, 0.29) is 50.6 Å². The van der Waals surface area contributed by atoms with Gasteiger partial charge in [-0.1, -0.05) is 102 Å². The maximum Gasteiger partial charge on any atom is 0.408 e. The first-order chi connectivity index (χ1) is 47.0. The van der Waals surface area contributed by atoms with Crippen molar-refractivity contribution in [1.29, 1.82) is 5.41 Å². The number of alkyl carbamates (subject to hydrolysis) is 1. The SMILES string of the molecule is CC[C@H](C)[C@@H]1NC(=O)[C@@H](CCCNC(=N)N)NC(=O)[C@H](CC(C)C)NC(=O)[C@H]([C@H](O)C(C)C)NC(=O)[C@@H](NC(=O)[C@H](CC(C)(C)C)NC(=O)[C@@H](CC(C)(C)C)NC(=O)OC(C)(C)C)[C@@H](c2ccc(N(C)C)cc2)NC(=O)[C@H](CO)NC(=O)[C@H]([C@H](O)C(N)=O)NC(=O)CNC(=O)[C@H]([C@H](C)O)NC1=O. The van der Waals surface area contributed by atoms with Gasteiger partial charge in [-0.15, -0.1) is 0 Å². The van der Waals surface area contributed by atoms with Crippen LogP contribution in [0.4, 0.5) is 10.5 Å². The van der Waals surface area contributed by atoms with E-state index in [4.69, 9.17) is 21.6 Å². The highest BCUT2D eigenvalue weighted by molar-refractivity contribution is 6.01. The Kier molecular flexibility index (Phi) is 35.0. The third-order valence-corrected chi connectivity index (χ3v) is 16.1. The van der Waals surface area contributed by atoms with Crippen LogP contribution in [-0.2, 0) is 62.3 Å². The molecule has 1 saturated heterocycles. The van der Waals surface area contributed by atoms with E-state index >= 15 is 14.4 Å². The Morgan fingerprint density at radius 2 is 1.13 bits per heavy atom. The number of hydrogen-bond donors (Lipinski definition) is 20. The van der Waals surface area contributed by atoms with Crippen molar-refractivity contribution < 1.29 is 87.5 Å². The van der Waals surface area contributed by atoms with Crippen LogP contribution in [0.2, 0.25) is 0 Å². The van der Waals surface area contributed by atoms with Crippen LogP contribution < -0.4 is 85.5 Å². The maximum absolute atomic E-state index is 15.8. The molecule has 15 atom stereocenters. The average Bonchev–Trinajstić information content (AvgIpc) is 0.805. The number of nitrogens with zero attached hydrogens (tertiary/aromatic N) is 1. The van der Waals surface area contributed by atoms with E-state index in [1.165, 1.54) is 26.0 Å². The largest absolute Gasteiger partial charge is 0.444 e. The van der Waals surface area contributed by atoms with E-state index in [9.17, 15) is 68.4 Å². The number of carbonyl (C=O) groups excluding carboxylic acids is 13. The number of anilines is 1. The zero-order valence-electron chi connectivity index (χ0n) is 62.1. The number of benzene rings is 1. The summed E-state index contributed by atoms with van der Waals surface area (Å²) in [6, 6.07) is -14.3. The molecule has 0 saturated carbocycles. The third-order valence-electron chi connectivity index (χ3n) is 16.1. The zero-order valence-corrected chi connectivity index (χ0v) is 62.1. The minimum absolute atomic E-state index is 0.000188. The molecule has 0 unspecified atom stereocenters. The summed E-state index contributed by atoms with van der Waals surface area (Å²) in [6.45, 7) is 23.7. The van der Waals surface area contributed by atoms with Gasteiger partial charge in [0.15, 0.2) is 12.1 Å². The summed E-state index contributed by atoms with van der Waals surface area (Å²) in [7, 11) is 3.39. The van der Waals surface area contributed by atoms with Crippen molar-refractivity contribution in [2.75, 3.05) is 38.7 Å². The highest BCUT2D eigenvalue weighted by Crippen LogP contribution is 2.27. The number of carbonyl (C=O) groups is 13. The molecule has 22 N–H and O–H groups in total. The van der Waals surface area contributed by atoms with Crippen LogP contribution in [-0.4, -0.2) is 221 Å². The maximum atomic E-state index is 15.8. The van der Waals surface area contributed by atoms with E-state index in [1.54, 1.807) is 121 Å². The molecule has 1 aliphatic heterocycles. The Morgan fingerprint density at radius 3 is 1.62 bits per heavy atom. The van der Waals surface area contributed by atoms with Crippen LogP contribution in [0.25, 0.3) is 0 Å². The molecule has 102 heavy (non-hydrogen) atoms. The van der Waals surface area contributed by atoms with Crippen LogP contribution in [0, 0.1) is 34.0 Å². The Morgan fingerprint density at radius 1 is 0.627 bits per heavy atom. The lowest BCUT2D eigenvalue weighted by molar-refractivity contribution is -0.140. The highest BCUT2D eigenvalue weighted by atomic mass is 16.6. The fraction of sp³-hybridized carbons (Fsp3) is 0.701. The van der Waals surface area contributed by atoms with Crippen LogP contribution >= 0.6 is 0 Å². The Labute approximate surface area is 596 Å². The number of amides is 13. The number of aliphatic hydroxyl groups is 4. The highest BCUT2D eigenvalue weighted by Gasteiger charge is 2.44. The smallest absolute Gasteiger partial charge is 0.408 e. The minimum Gasteiger partial charge on any atom is -0.444 e. The first kappa shape index (κ1) is 89.1. The first-order valence-electron chi connectivity index (χ1n) is 34.1. The van der Waals surface area contributed by atoms with Crippen molar-refractivity contribution in [3.05, 3.63) is 29.8 Å². The summed E-state index contributed by atoms with van der Waals surface area (Å²) >= 11 is 0. The van der Waals surface area contributed by atoms with Crippen molar-refractivity contribution in [3.63, 3.8) is 0 Å². The Balaban J connectivity index is 3.29. The number of nitrogens with two attached hydrogens (primary N) is 2. The van der Waals surface area contributed by atoms with E-state index in [1.807, 2.05) is 5.32 Å². The van der Waals surface area contributed by atoms with Gasteiger partial charge in [-0.05, 0) is 106 Å². The molecule has 2 rings (SSSR count). The van der Waals surface area contributed by atoms with Crippen LogP contribution in [0.3, 0.4) is 0 Å². The van der Waals surface area contributed by atoms with E-state index in [0.717, 1.165) is 6.92 Å². The van der Waals surface area contributed by atoms with Crippen LogP contribution in [0.15, 0.2) is 24.3 Å². The third kappa shape index (κ3) is 30.3. The van der Waals surface area contributed by atoms with Gasteiger partial charge in [0, 0.05) is 26.3 Å². The summed E-state index contributed by atoms with van der Waals surface area (Å²) in [5.74, 6) is -17.1. The molecule has 35 heteroatoms. The molecule has 0 aromatic heterocycles. The van der Waals surface area contributed by atoms with E-state index < -0.39 is 215 Å². The molecule has 1 aliphatic rings. The summed E-state index contributed by atoms with van der Waals surface area (Å²) in [4.78, 5) is 189. The summed E-state index contributed by atoms with van der Waals surface area (Å²) in [5, 5.41) is 84.7. The van der Waals surface area contributed by atoms with E-state index in [0.29, 0.717) is 5.69 Å². The number of rotatable bonds is 23. The van der Waals surface area contributed by atoms with Gasteiger partial charge in [0.05, 0.1) is 31.4 Å². The molecule has 1 aromatic rings. The lowest BCUT2D eigenvalue weighted by Crippen LogP contribution is -2.65. The molecule has 576 valence electrons. The average molecular weight is 1450 g/mol. The van der Waals surface area contributed by atoms with Gasteiger partial charge < -0.3 is 111 Å². The molecule has 1 heterocycles. The Hall–Kier alpha value is -8.96. The first-order valence-corrected chi connectivity index (χ1v) is 34.1. The normalized spacial score (nSPS) is 23.5. The molecule has 1 fully saturated rings. The molecule has 0 spiro atoms. The van der Waals surface area contributed by atoms with Gasteiger partial charge in [0.1, 0.15) is 66.0 Å². The van der Waals surface area contributed by atoms with Gasteiger partial charge in [-0.2, -0.15) is 0 Å². The molecular formula is C67H115N17O18. The topological polar surface area (TPSA) is 548 Å². The summed E-state index contributed by atoms with van der Waals surface area (Å²) in [6.07, 6.45) is -7.41. The van der Waals surface area contributed by atoms with Gasteiger partial charge in [0.2, 0.25) is 70.9 Å².